The molecule has 114 valence electrons. The zero-order valence-electron chi connectivity index (χ0n) is 12.6. The van der Waals surface area contributed by atoms with Gasteiger partial charge in [-0.3, -0.25) is 14.4 Å². The lowest BCUT2D eigenvalue weighted by Crippen LogP contribution is -2.32. The Labute approximate surface area is 118 Å². The number of methoxy groups -OCH3 is 2. The zero-order chi connectivity index (χ0) is 15.9. The Morgan fingerprint density at radius 1 is 1.05 bits per heavy atom. The summed E-state index contributed by atoms with van der Waals surface area (Å²) < 4.78 is 8.99. The van der Waals surface area contributed by atoms with Crippen LogP contribution in [0.3, 0.4) is 0 Å². The summed E-state index contributed by atoms with van der Waals surface area (Å²) in [5.74, 6) is -4.20. The van der Waals surface area contributed by atoms with E-state index >= 15 is 0 Å². The number of carbonyl (C=O) groups is 4. The minimum atomic E-state index is -1.26. The Morgan fingerprint density at radius 3 is 1.80 bits per heavy atom. The smallest absolute Gasteiger partial charge is 0.320 e. The first-order valence-corrected chi connectivity index (χ1v) is 6.30. The number of hydrogen-bond acceptors (Lipinski definition) is 6. The van der Waals surface area contributed by atoms with Crippen LogP contribution < -0.4 is 0 Å². The Kier molecular flexibility index (Phi) is 7.10. The third kappa shape index (κ3) is 5.95. The first-order chi connectivity index (χ1) is 9.16. The lowest BCUT2D eigenvalue weighted by atomic mass is 9.83. The number of aldehydes is 1. The molecule has 0 aliphatic rings. The van der Waals surface area contributed by atoms with Crippen LogP contribution in [0, 0.1) is 17.3 Å². The van der Waals surface area contributed by atoms with Gasteiger partial charge in [0.1, 0.15) is 12.1 Å². The zero-order valence-corrected chi connectivity index (χ0v) is 12.6. The van der Waals surface area contributed by atoms with Gasteiger partial charge in [-0.1, -0.05) is 20.8 Å². The van der Waals surface area contributed by atoms with Gasteiger partial charge in [-0.05, 0) is 11.8 Å². The van der Waals surface area contributed by atoms with Crippen LogP contribution in [0.15, 0.2) is 0 Å². The molecular formula is C14H22O6. The Morgan fingerprint density at radius 2 is 1.50 bits per heavy atom. The van der Waals surface area contributed by atoms with E-state index in [1.165, 1.54) is 0 Å². The third-order valence-electron chi connectivity index (χ3n) is 2.74. The molecule has 0 amide bonds. The molecule has 0 aromatic carbocycles. The molecule has 0 rings (SSSR count). The van der Waals surface area contributed by atoms with Gasteiger partial charge >= 0.3 is 11.9 Å². The third-order valence-corrected chi connectivity index (χ3v) is 2.74. The van der Waals surface area contributed by atoms with Gasteiger partial charge in [0.25, 0.3) is 0 Å². The van der Waals surface area contributed by atoms with Crippen molar-refractivity contribution in [2.75, 3.05) is 14.2 Å². The molecule has 0 radical (unpaired) electrons. The first kappa shape index (κ1) is 18.3. The highest BCUT2D eigenvalue weighted by molar-refractivity contribution is 5.98. The van der Waals surface area contributed by atoms with E-state index in [0.717, 1.165) is 14.2 Å². The van der Waals surface area contributed by atoms with Crippen molar-refractivity contribution in [1.29, 1.82) is 0 Å². The predicted molar refractivity (Wildman–Crippen MR) is 70.8 cm³/mol. The van der Waals surface area contributed by atoms with E-state index in [2.05, 4.69) is 9.47 Å². The molecule has 20 heavy (non-hydrogen) atoms. The van der Waals surface area contributed by atoms with Gasteiger partial charge in [-0.15, -0.1) is 0 Å². The molecule has 0 aromatic heterocycles. The Bertz CT molecular complexity index is 364. The molecular weight excluding hydrogens is 264 g/mol. The fourth-order valence-corrected chi connectivity index (χ4v) is 1.74. The van der Waals surface area contributed by atoms with Crippen LogP contribution in [0.1, 0.15) is 33.6 Å². The molecule has 0 N–H and O–H groups in total. The summed E-state index contributed by atoms with van der Waals surface area (Å²) in [4.78, 5) is 46.1. The fourth-order valence-electron chi connectivity index (χ4n) is 1.74. The van der Waals surface area contributed by atoms with E-state index in [-0.39, 0.29) is 24.0 Å². The summed E-state index contributed by atoms with van der Waals surface area (Å²) in [5, 5.41) is 0. The van der Waals surface area contributed by atoms with E-state index in [9.17, 15) is 19.2 Å². The van der Waals surface area contributed by atoms with Crippen LogP contribution in [0.4, 0.5) is 0 Å². The molecule has 0 saturated carbocycles. The van der Waals surface area contributed by atoms with Crippen molar-refractivity contribution in [2.45, 2.75) is 33.6 Å². The molecule has 0 spiro atoms. The summed E-state index contributed by atoms with van der Waals surface area (Å²) in [6.45, 7) is 5.60. The average molecular weight is 286 g/mol. The van der Waals surface area contributed by atoms with Gasteiger partial charge in [0.15, 0.2) is 5.92 Å². The summed E-state index contributed by atoms with van der Waals surface area (Å²) in [6, 6.07) is 0. The number of carbonyl (C=O) groups excluding carboxylic acids is 4. The van der Waals surface area contributed by atoms with Crippen molar-refractivity contribution in [3.8, 4) is 0 Å². The van der Waals surface area contributed by atoms with Crippen molar-refractivity contribution >= 4 is 24.0 Å². The molecule has 0 aliphatic heterocycles. The van der Waals surface area contributed by atoms with Crippen LogP contribution in [0.25, 0.3) is 0 Å². The molecule has 1 atom stereocenters. The summed E-state index contributed by atoms with van der Waals surface area (Å²) >= 11 is 0. The second kappa shape index (κ2) is 7.77. The van der Waals surface area contributed by atoms with Gasteiger partial charge in [-0.25, -0.2) is 0 Å². The minimum absolute atomic E-state index is 0.186. The number of ketones is 1. The van der Waals surface area contributed by atoms with Crippen LogP contribution in [0.5, 0.6) is 0 Å². The Hall–Kier alpha value is -1.72. The van der Waals surface area contributed by atoms with Gasteiger partial charge in [0.05, 0.1) is 20.1 Å². The number of hydrogen-bond donors (Lipinski definition) is 0. The largest absolute Gasteiger partial charge is 0.468 e. The highest BCUT2D eigenvalue weighted by atomic mass is 16.5. The molecule has 6 nitrogen and oxygen atoms in total. The van der Waals surface area contributed by atoms with Gasteiger partial charge in [0.2, 0.25) is 0 Å². The molecule has 0 aromatic rings. The van der Waals surface area contributed by atoms with Crippen LogP contribution >= 0.6 is 0 Å². The number of esters is 2. The van der Waals surface area contributed by atoms with Gasteiger partial charge < -0.3 is 14.3 Å². The van der Waals surface area contributed by atoms with Crippen LogP contribution in [-0.4, -0.2) is 38.2 Å². The predicted octanol–water partition coefficient (Wildman–Crippen LogP) is 1.16. The Balaban J connectivity index is 4.97. The maximum Gasteiger partial charge on any atom is 0.320 e. The molecule has 0 aliphatic carbocycles. The maximum atomic E-state index is 12.0. The summed E-state index contributed by atoms with van der Waals surface area (Å²) in [7, 11) is 2.26. The number of Topliss-reactive ketones (excluding diaryl/α,β-unsaturated/α-hetero) is 1. The van der Waals surface area contributed by atoms with E-state index in [1.54, 1.807) is 0 Å². The standard InChI is InChI=1S/C14H22O6/c1-14(2,3)7-11(16)9(8-15)6-10(12(17)19-4)13(18)20-5/h8-10H,6-7H2,1-5H3. The fraction of sp³-hybridized carbons (Fsp3) is 0.714. The van der Waals surface area contributed by atoms with E-state index in [1.807, 2.05) is 20.8 Å². The van der Waals surface area contributed by atoms with E-state index in [0.29, 0.717) is 6.29 Å². The normalized spacial score (nSPS) is 12.7. The van der Waals surface area contributed by atoms with Crippen molar-refractivity contribution < 1.29 is 28.7 Å². The number of ether oxygens (including phenoxy) is 2. The average Bonchev–Trinajstić information content (AvgIpc) is 2.36. The lowest BCUT2D eigenvalue weighted by Gasteiger charge is -2.21. The summed E-state index contributed by atoms with van der Waals surface area (Å²) in [6.07, 6.45) is 0.427. The SMILES string of the molecule is COC(=O)C(CC(C=O)C(=O)CC(C)(C)C)C(=O)OC. The highest BCUT2D eigenvalue weighted by Crippen LogP contribution is 2.24. The molecule has 0 saturated heterocycles. The monoisotopic (exact) mass is 286 g/mol. The lowest BCUT2D eigenvalue weighted by molar-refractivity contribution is -0.159. The molecule has 6 heteroatoms. The molecule has 0 heterocycles. The minimum Gasteiger partial charge on any atom is -0.468 e. The second-order valence-electron chi connectivity index (χ2n) is 5.78. The van der Waals surface area contributed by atoms with Gasteiger partial charge in [0, 0.05) is 6.42 Å². The topological polar surface area (TPSA) is 86.7 Å². The van der Waals surface area contributed by atoms with Crippen LogP contribution in [-0.2, 0) is 28.7 Å². The maximum absolute atomic E-state index is 12.0. The van der Waals surface area contributed by atoms with E-state index in [4.69, 9.17) is 0 Å². The highest BCUT2D eigenvalue weighted by Gasteiger charge is 2.34. The van der Waals surface area contributed by atoms with Crippen molar-refractivity contribution in [1.82, 2.24) is 0 Å². The van der Waals surface area contributed by atoms with E-state index < -0.39 is 23.8 Å². The first-order valence-electron chi connectivity index (χ1n) is 6.30. The van der Waals surface area contributed by atoms with Gasteiger partial charge in [-0.2, -0.15) is 0 Å². The molecule has 0 fully saturated rings. The van der Waals surface area contributed by atoms with Crippen LogP contribution in [0.2, 0.25) is 0 Å². The number of rotatable bonds is 7. The molecule has 1 unspecified atom stereocenters. The molecule has 0 bridgehead atoms. The second-order valence-corrected chi connectivity index (χ2v) is 5.78. The van der Waals surface area contributed by atoms with Crippen molar-refractivity contribution in [3.63, 3.8) is 0 Å². The summed E-state index contributed by atoms with van der Waals surface area (Å²) in [5.41, 5.74) is -0.273. The quantitative estimate of drug-likeness (QED) is 0.396. The van der Waals surface area contributed by atoms with Crippen molar-refractivity contribution in [2.24, 2.45) is 17.3 Å². The van der Waals surface area contributed by atoms with Crippen molar-refractivity contribution in [3.05, 3.63) is 0 Å².